The number of H-pyrrole nitrogens is 1. The summed E-state index contributed by atoms with van der Waals surface area (Å²) in [5.74, 6) is 0.563. The molecule has 1 atom stereocenters. The predicted octanol–water partition coefficient (Wildman–Crippen LogP) is 4.86. The Labute approximate surface area is 161 Å². The van der Waals surface area contributed by atoms with Crippen LogP contribution in [0, 0.1) is 13.8 Å². The van der Waals surface area contributed by atoms with Gasteiger partial charge < -0.3 is 5.32 Å². The molecule has 5 nitrogen and oxygen atoms in total. The second kappa shape index (κ2) is 7.93. The number of thioether (sulfide) groups is 1. The van der Waals surface area contributed by atoms with Crippen LogP contribution in [0.3, 0.4) is 0 Å². The number of halogens is 1. The maximum Gasteiger partial charge on any atom is 0.237 e. The van der Waals surface area contributed by atoms with Crippen LogP contribution in [0.2, 0.25) is 5.02 Å². The molecule has 0 aliphatic rings. The van der Waals surface area contributed by atoms with Crippen LogP contribution in [0.4, 0.5) is 5.69 Å². The molecule has 0 spiro atoms. The van der Waals surface area contributed by atoms with Crippen LogP contribution in [-0.4, -0.2) is 26.3 Å². The normalized spacial score (nSPS) is 12.0. The molecule has 0 fully saturated rings. The van der Waals surface area contributed by atoms with E-state index in [2.05, 4.69) is 20.5 Å². The molecule has 134 valence electrons. The SMILES string of the molecule is Cc1ccc(-c2nc(S[C@H](C)C(=O)Nc3cccc(Cl)c3C)n[nH]2)cc1. The van der Waals surface area contributed by atoms with Crippen molar-refractivity contribution in [1.29, 1.82) is 0 Å². The molecule has 0 bridgehead atoms. The van der Waals surface area contributed by atoms with Crippen molar-refractivity contribution in [2.24, 2.45) is 0 Å². The Morgan fingerprint density at radius 3 is 2.65 bits per heavy atom. The Morgan fingerprint density at radius 1 is 1.19 bits per heavy atom. The zero-order valence-corrected chi connectivity index (χ0v) is 16.3. The number of hydrogen-bond donors (Lipinski definition) is 2. The summed E-state index contributed by atoms with van der Waals surface area (Å²) in [6.45, 7) is 5.73. The Hall–Kier alpha value is -2.31. The molecule has 1 aromatic heterocycles. The number of aryl methyl sites for hydroxylation is 1. The monoisotopic (exact) mass is 386 g/mol. The molecule has 2 aromatic carbocycles. The molecule has 3 aromatic rings. The summed E-state index contributed by atoms with van der Waals surface area (Å²) in [5, 5.41) is 10.8. The van der Waals surface area contributed by atoms with Crippen LogP contribution >= 0.6 is 23.4 Å². The van der Waals surface area contributed by atoms with Crippen molar-refractivity contribution in [1.82, 2.24) is 15.2 Å². The average Bonchev–Trinajstić information content (AvgIpc) is 3.08. The van der Waals surface area contributed by atoms with Gasteiger partial charge in [0, 0.05) is 16.3 Å². The van der Waals surface area contributed by atoms with Gasteiger partial charge in [0.05, 0.1) is 5.25 Å². The molecule has 0 aliphatic carbocycles. The van der Waals surface area contributed by atoms with Gasteiger partial charge in [-0.2, -0.15) is 0 Å². The summed E-state index contributed by atoms with van der Waals surface area (Å²) in [7, 11) is 0. The Balaban J connectivity index is 1.66. The first-order chi connectivity index (χ1) is 12.4. The number of rotatable bonds is 5. The van der Waals surface area contributed by atoms with Crippen LogP contribution in [0.15, 0.2) is 47.6 Å². The van der Waals surface area contributed by atoms with Crippen molar-refractivity contribution in [2.45, 2.75) is 31.2 Å². The van der Waals surface area contributed by atoms with Gasteiger partial charge in [-0.3, -0.25) is 9.89 Å². The molecule has 2 N–H and O–H groups in total. The fourth-order valence-corrected chi connectivity index (χ4v) is 3.23. The summed E-state index contributed by atoms with van der Waals surface area (Å²) < 4.78 is 0. The van der Waals surface area contributed by atoms with Crippen molar-refractivity contribution < 1.29 is 4.79 Å². The maximum absolute atomic E-state index is 12.5. The number of benzene rings is 2. The number of anilines is 1. The van der Waals surface area contributed by atoms with E-state index in [1.165, 1.54) is 17.3 Å². The standard InChI is InChI=1S/C19H19ClN4OS/c1-11-7-9-14(10-8-11)17-22-19(24-23-17)26-13(3)18(25)21-16-6-4-5-15(20)12(16)2/h4-10,13H,1-3H3,(H,21,25)(H,22,23,24)/t13-/m1/s1. The topological polar surface area (TPSA) is 70.7 Å². The number of carbonyl (C=O) groups is 1. The predicted molar refractivity (Wildman–Crippen MR) is 107 cm³/mol. The first kappa shape index (κ1) is 18.5. The quantitative estimate of drug-likeness (QED) is 0.614. The van der Waals surface area contributed by atoms with Crippen LogP contribution in [0.5, 0.6) is 0 Å². The van der Waals surface area contributed by atoms with Gasteiger partial charge in [0.15, 0.2) is 5.82 Å². The summed E-state index contributed by atoms with van der Waals surface area (Å²) >= 11 is 7.40. The van der Waals surface area contributed by atoms with Gasteiger partial charge in [0.2, 0.25) is 11.1 Å². The molecule has 7 heteroatoms. The van der Waals surface area contributed by atoms with E-state index in [0.29, 0.717) is 21.7 Å². The minimum absolute atomic E-state index is 0.123. The Bertz CT molecular complexity index is 924. The van der Waals surface area contributed by atoms with Crippen LogP contribution in [0.25, 0.3) is 11.4 Å². The van der Waals surface area contributed by atoms with Crippen molar-refractivity contribution >= 4 is 35.0 Å². The van der Waals surface area contributed by atoms with E-state index in [9.17, 15) is 4.79 Å². The number of nitrogens with one attached hydrogen (secondary N) is 2. The molecule has 0 aliphatic heterocycles. The number of carbonyl (C=O) groups excluding carboxylic acids is 1. The van der Waals surface area contributed by atoms with E-state index in [1.54, 1.807) is 6.07 Å². The van der Waals surface area contributed by atoms with Gasteiger partial charge in [0.1, 0.15) is 0 Å². The Kier molecular flexibility index (Phi) is 5.64. The number of hydrogen-bond acceptors (Lipinski definition) is 4. The summed E-state index contributed by atoms with van der Waals surface area (Å²) in [6, 6.07) is 13.5. The van der Waals surface area contributed by atoms with E-state index in [1.807, 2.05) is 57.2 Å². The number of amides is 1. The minimum atomic E-state index is -0.352. The highest BCUT2D eigenvalue weighted by Crippen LogP contribution is 2.26. The fourth-order valence-electron chi connectivity index (χ4n) is 2.33. The Morgan fingerprint density at radius 2 is 1.92 bits per heavy atom. The highest BCUT2D eigenvalue weighted by atomic mass is 35.5. The highest BCUT2D eigenvalue weighted by Gasteiger charge is 2.18. The van der Waals surface area contributed by atoms with Crippen LogP contribution in [0.1, 0.15) is 18.1 Å². The molecular formula is C19H19ClN4OS. The number of aromatic nitrogens is 3. The second-order valence-corrected chi connectivity index (χ2v) is 7.71. The average molecular weight is 387 g/mol. The maximum atomic E-state index is 12.5. The largest absolute Gasteiger partial charge is 0.325 e. The van der Waals surface area contributed by atoms with E-state index in [0.717, 1.165) is 11.1 Å². The lowest BCUT2D eigenvalue weighted by Crippen LogP contribution is -2.23. The van der Waals surface area contributed by atoms with Gasteiger partial charge in [-0.1, -0.05) is 59.3 Å². The van der Waals surface area contributed by atoms with Crippen LogP contribution in [-0.2, 0) is 4.79 Å². The third-order valence-electron chi connectivity index (χ3n) is 3.97. The van der Waals surface area contributed by atoms with Crippen molar-refractivity contribution in [3.05, 3.63) is 58.6 Å². The third kappa shape index (κ3) is 4.26. The van der Waals surface area contributed by atoms with Gasteiger partial charge in [-0.05, 0) is 38.5 Å². The van der Waals surface area contributed by atoms with E-state index < -0.39 is 0 Å². The van der Waals surface area contributed by atoms with E-state index >= 15 is 0 Å². The van der Waals surface area contributed by atoms with Crippen molar-refractivity contribution in [2.75, 3.05) is 5.32 Å². The van der Waals surface area contributed by atoms with E-state index in [-0.39, 0.29) is 11.2 Å². The molecule has 3 rings (SSSR count). The highest BCUT2D eigenvalue weighted by molar-refractivity contribution is 8.00. The van der Waals surface area contributed by atoms with Crippen LogP contribution < -0.4 is 5.32 Å². The zero-order chi connectivity index (χ0) is 18.7. The lowest BCUT2D eigenvalue weighted by Gasteiger charge is -2.12. The summed E-state index contributed by atoms with van der Waals surface area (Å²) in [6.07, 6.45) is 0. The number of aromatic amines is 1. The molecule has 0 radical (unpaired) electrons. The first-order valence-electron chi connectivity index (χ1n) is 8.16. The summed E-state index contributed by atoms with van der Waals surface area (Å²) in [4.78, 5) is 16.9. The molecule has 0 saturated heterocycles. The molecule has 26 heavy (non-hydrogen) atoms. The molecular weight excluding hydrogens is 368 g/mol. The fraction of sp³-hybridized carbons (Fsp3) is 0.211. The minimum Gasteiger partial charge on any atom is -0.325 e. The first-order valence-corrected chi connectivity index (χ1v) is 9.42. The summed E-state index contributed by atoms with van der Waals surface area (Å²) in [5.41, 5.74) is 3.70. The van der Waals surface area contributed by atoms with Gasteiger partial charge in [0.25, 0.3) is 0 Å². The molecule has 1 amide bonds. The van der Waals surface area contributed by atoms with Crippen molar-refractivity contribution in [3.8, 4) is 11.4 Å². The van der Waals surface area contributed by atoms with E-state index in [4.69, 9.17) is 11.6 Å². The second-order valence-electron chi connectivity index (χ2n) is 5.99. The lowest BCUT2D eigenvalue weighted by molar-refractivity contribution is -0.115. The third-order valence-corrected chi connectivity index (χ3v) is 5.34. The van der Waals surface area contributed by atoms with Gasteiger partial charge >= 0.3 is 0 Å². The van der Waals surface area contributed by atoms with Crippen molar-refractivity contribution in [3.63, 3.8) is 0 Å². The molecule has 1 heterocycles. The smallest absolute Gasteiger partial charge is 0.237 e. The lowest BCUT2D eigenvalue weighted by atomic mass is 10.1. The zero-order valence-electron chi connectivity index (χ0n) is 14.7. The molecule has 0 saturated carbocycles. The van der Waals surface area contributed by atoms with Gasteiger partial charge in [-0.15, -0.1) is 5.10 Å². The number of nitrogens with zero attached hydrogens (tertiary/aromatic N) is 2. The van der Waals surface area contributed by atoms with Gasteiger partial charge in [-0.25, -0.2) is 4.98 Å². The molecule has 0 unspecified atom stereocenters.